The lowest BCUT2D eigenvalue weighted by Gasteiger charge is -2.07. The second-order valence-electron chi connectivity index (χ2n) is 4.59. The van der Waals surface area contributed by atoms with Crippen molar-refractivity contribution >= 4 is 35.0 Å². The van der Waals surface area contributed by atoms with Crippen LogP contribution >= 0.6 is 35.0 Å². The molecule has 1 aromatic carbocycles. The minimum atomic E-state index is 0.445. The van der Waals surface area contributed by atoms with Gasteiger partial charge in [0.25, 0.3) is 0 Å². The van der Waals surface area contributed by atoms with E-state index in [2.05, 4.69) is 29.1 Å². The number of aromatic nitrogens is 2. The van der Waals surface area contributed by atoms with Gasteiger partial charge in [-0.3, -0.25) is 0 Å². The molecule has 3 nitrogen and oxygen atoms in total. The first-order valence-electron chi connectivity index (χ1n) is 6.22. The molecule has 0 atom stereocenters. The summed E-state index contributed by atoms with van der Waals surface area (Å²) in [6.45, 7) is 4.99. The minimum Gasteiger partial charge on any atom is -0.310 e. The Bertz CT molecular complexity index is 573. The molecule has 0 radical (unpaired) electrons. The second-order valence-corrected chi connectivity index (χ2v) is 6.44. The zero-order valence-electron chi connectivity index (χ0n) is 11.2. The van der Waals surface area contributed by atoms with E-state index in [0.29, 0.717) is 21.2 Å². The van der Waals surface area contributed by atoms with Gasteiger partial charge in [-0.05, 0) is 30.0 Å². The number of nitrogens with zero attached hydrogens (tertiary/aromatic N) is 2. The van der Waals surface area contributed by atoms with Gasteiger partial charge in [0.05, 0.1) is 10.0 Å². The molecule has 2 aromatic rings. The highest BCUT2D eigenvalue weighted by Gasteiger charge is 2.04. The van der Waals surface area contributed by atoms with E-state index in [4.69, 9.17) is 23.2 Å². The number of benzene rings is 1. The molecule has 1 aromatic heterocycles. The third kappa shape index (κ3) is 4.63. The highest BCUT2D eigenvalue weighted by Crippen LogP contribution is 2.30. The first-order valence-corrected chi connectivity index (χ1v) is 7.79. The van der Waals surface area contributed by atoms with Crippen molar-refractivity contribution in [3.05, 3.63) is 46.2 Å². The average Bonchev–Trinajstić information content (AvgIpc) is 2.42. The van der Waals surface area contributed by atoms with Crippen LogP contribution in [0.25, 0.3) is 0 Å². The molecule has 20 heavy (non-hydrogen) atoms. The van der Waals surface area contributed by atoms with Crippen molar-refractivity contribution in [3.8, 4) is 0 Å². The molecule has 0 spiro atoms. The topological polar surface area (TPSA) is 37.8 Å². The van der Waals surface area contributed by atoms with Crippen molar-refractivity contribution in [1.82, 2.24) is 15.3 Å². The molecule has 0 bridgehead atoms. The lowest BCUT2D eigenvalue weighted by molar-refractivity contribution is 0.585. The van der Waals surface area contributed by atoms with Crippen molar-refractivity contribution < 1.29 is 0 Å². The van der Waals surface area contributed by atoms with Crippen LogP contribution < -0.4 is 5.32 Å². The SMILES string of the molecule is CC(C)NCc1cnc(Sc2ccc(Cl)c(Cl)c2)nc1. The van der Waals surface area contributed by atoms with E-state index in [1.54, 1.807) is 6.07 Å². The first-order chi connectivity index (χ1) is 9.54. The first kappa shape index (κ1) is 15.6. The van der Waals surface area contributed by atoms with E-state index in [-0.39, 0.29) is 0 Å². The van der Waals surface area contributed by atoms with Crippen LogP contribution in [-0.2, 0) is 6.54 Å². The molecule has 0 aliphatic carbocycles. The summed E-state index contributed by atoms with van der Waals surface area (Å²) >= 11 is 13.3. The molecule has 1 heterocycles. The van der Waals surface area contributed by atoms with Crippen molar-refractivity contribution in [3.63, 3.8) is 0 Å². The zero-order chi connectivity index (χ0) is 14.5. The van der Waals surface area contributed by atoms with Gasteiger partial charge >= 0.3 is 0 Å². The van der Waals surface area contributed by atoms with Crippen molar-refractivity contribution in [2.45, 2.75) is 36.5 Å². The molecule has 2 rings (SSSR count). The van der Waals surface area contributed by atoms with E-state index in [1.165, 1.54) is 11.8 Å². The van der Waals surface area contributed by atoms with Gasteiger partial charge in [-0.2, -0.15) is 0 Å². The standard InChI is InChI=1S/C14H15Cl2N3S/c1-9(2)17-6-10-7-18-14(19-8-10)20-11-3-4-12(15)13(16)5-11/h3-5,7-9,17H,6H2,1-2H3. The summed E-state index contributed by atoms with van der Waals surface area (Å²) in [6.07, 6.45) is 3.67. The predicted octanol–water partition coefficient (Wildman–Crippen LogP) is 4.43. The fourth-order valence-electron chi connectivity index (χ4n) is 1.45. The molecule has 0 saturated heterocycles. The van der Waals surface area contributed by atoms with Crippen LogP contribution in [0.1, 0.15) is 19.4 Å². The predicted molar refractivity (Wildman–Crippen MR) is 84.6 cm³/mol. The average molecular weight is 328 g/mol. The largest absolute Gasteiger partial charge is 0.310 e. The van der Waals surface area contributed by atoms with Gasteiger partial charge in [-0.1, -0.05) is 37.0 Å². The maximum atomic E-state index is 5.98. The van der Waals surface area contributed by atoms with Crippen LogP contribution in [0.15, 0.2) is 40.6 Å². The fourth-order valence-corrected chi connectivity index (χ4v) is 2.55. The number of halogens is 2. The zero-order valence-corrected chi connectivity index (χ0v) is 13.6. The van der Waals surface area contributed by atoms with Crippen molar-refractivity contribution in [1.29, 1.82) is 0 Å². The summed E-state index contributed by atoms with van der Waals surface area (Å²) in [7, 11) is 0. The molecule has 1 N–H and O–H groups in total. The Hall–Kier alpha value is -0.810. The van der Waals surface area contributed by atoms with Gasteiger partial charge in [0.15, 0.2) is 5.16 Å². The summed E-state index contributed by atoms with van der Waals surface area (Å²) in [5.74, 6) is 0. The maximum Gasteiger partial charge on any atom is 0.192 e. The minimum absolute atomic E-state index is 0.445. The Morgan fingerprint density at radius 3 is 2.45 bits per heavy atom. The number of hydrogen-bond acceptors (Lipinski definition) is 4. The smallest absolute Gasteiger partial charge is 0.192 e. The Labute approximate surface area is 133 Å². The van der Waals surface area contributed by atoms with E-state index in [9.17, 15) is 0 Å². The summed E-state index contributed by atoms with van der Waals surface area (Å²) in [4.78, 5) is 9.64. The molecule has 0 aliphatic rings. The molecule has 0 amide bonds. The monoisotopic (exact) mass is 327 g/mol. The van der Waals surface area contributed by atoms with E-state index in [0.717, 1.165) is 17.0 Å². The van der Waals surface area contributed by atoms with Gasteiger partial charge in [0.1, 0.15) is 0 Å². The van der Waals surface area contributed by atoms with Gasteiger partial charge in [0.2, 0.25) is 0 Å². The normalized spacial score (nSPS) is 11.1. The van der Waals surface area contributed by atoms with Gasteiger partial charge < -0.3 is 5.32 Å². The Morgan fingerprint density at radius 2 is 1.85 bits per heavy atom. The van der Waals surface area contributed by atoms with Crippen LogP contribution in [0.2, 0.25) is 10.0 Å². The van der Waals surface area contributed by atoms with Crippen LogP contribution in [0.3, 0.4) is 0 Å². The van der Waals surface area contributed by atoms with E-state index < -0.39 is 0 Å². The van der Waals surface area contributed by atoms with Gasteiger partial charge in [0, 0.05) is 35.4 Å². The van der Waals surface area contributed by atoms with E-state index in [1.807, 2.05) is 24.5 Å². The van der Waals surface area contributed by atoms with Crippen molar-refractivity contribution in [2.75, 3.05) is 0 Å². The van der Waals surface area contributed by atoms with Gasteiger partial charge in [-0.25, -0.2) is 9.97 Å². The van der Waals surface area contributed by atoms with Crippen molar-refractivity contribution in [2.24, 2.45) is 0 Å². The number of nitrogens with one attached hydrogen (secondary N) is 1. The van der Waals surface area contributed by atoms with Crippen LogP contribution in [-0.4, -0.2) is 16.0 Å². The number of rotatable bonds is 5. The molecule has 106 valence electrons. The lowest BCUT2D eigenvalue weighted by atomic mass is 10.3. The van der Waals surface area contributed by atoms with Crippen LogP contribution in [0.4, 0.5) is 0 Å². The lowest BCUT2D eigenvalue weighted by Crippen LogP contribution is -2.21. The molecule has 6 heteroatoms. The summed E-state index contributed by atoms with van der Waals surface area (Å²) in [5, 5.41) is 5.10. The number of hydrogen-bond donors (Lipinski definition) is 1. The third-order valence-electron chi connectivity index (χ3n) is 2.50. The van der Waals surface area contributed by atoms with Crippen LogP contribution in [0, 0.1) is 0 Å². The Morgan fingerprint density at radius 1 is 1.15 bits per heavy atom. The Kier molecular flexibility index (Phi) is 5.66. The van der Waals surface area contributed by atoms with E-state index >= 15 is 0 Å². The maximum absolute atomic E-state index is 5.98. The quantitative estimate of drug-likeness (QED) is 0.824. The highest BCUT2D eigenvalue weighted by molar-refractivity contribution is 7.99. The second kappa shape index (κ2) is 7.27. The molecule has 0 unspecified atom stereocenters. The summed E-state index contributed by atoms with van der Waals surface area (Å²) in [6, 6.07) is 5.93. The third-order valence-corrected chi connectivity index (χ3v) is 4.12. The molecular weight excluding hydrogens is 313 g/mol. The summed E-state index contributed by atoms with van der Waals surface area (Å²) < 4.78 is 0. The van der Waals surface area contributed by atoms with Gasteiger partial charge in [-0.15, -0.1) is 0 Å². The molecular formula is C14H15Cl2N3S. The Balaban J connectivity index is 2.01. The highest BCUT2D eigenvalue weighted by atomic mass is 35.5. The molecule has 0 saturated carbocycles. The molecule has 0 aliphatic heterocycles. The van der Waals surface area contributed by atoms with Crippen LogP contribution in [0.5, 0.6) is 0 Å². The molecule has 0 fully saturated rings. The fraction of sp³-hybridized carbons (Fsp3) is 0.286. The summed E-state index contributed by atoms with van der Waals surface area (Å²) in [5.41, 5.74) is 1.07.